The molecule has 0 fully saturated rings. The predicted octanol–water partition coefficient (Wildman–Crippen LogP) is 2.58. The monoisotopic (exact) mass is 270 g/mol. The van der Waals surface area contributed by atoms with Crippen LogP contribution in [0.1, 0.15) is 0 Å². The maximum atomic E-state index is 11.9. The highest BCUT2D eigenvalue weighted by Crippen LogP contribution is 2.29. The molecule has 0 saturated heterocycles. The summed E-state index contributed by atoms with van der Waals surface area (Å²) >= 11 is 0. The summed E-state index contributed by atoms with van der Waals surface area (Å²) < 4.78 is 5.15. The first-order valence-corrected chi connectivity index (χ1v) is 5.83. The topological polar surface area (TPSA) is 90.9 Å². The zero-order valence-corrected chi connectivity index (χ0v) is 10.2. The highest BCUT2D eigenvalue weighted by atomic mass is 16.4. The van der Waals surface area contributed by atoms with Crippen molar-refractivity contribution in [3.8, 4) is 28.4 Å². The molecule has 0 saturated carbocycles. The first-order chi connectivity index (χ1) is 9.52. The average molecular weight is 270 g/mol. The number of aromatic hydroxyl groups is 3. The Morgan fingerprint density at radius 3 is 2.20 bits per heavy atom. The highest BCUT2D eigenvalue weighted by Gasteiger charge is 2.10. The largest absolute Gasteiger partial charge is 0.508 e. The average Bonchev–Trinajstić information content (AvgIpc) is 2.37. The third-order valence-corrected chi connectivity index (χ3v) is 2.93. The van der Waals surface area contributed by atoms with E-state index < -0.39 is 5.63 Å². The van der Waals surface area contributed by atoms with Crippen LogP contribution in [0, 0.1) is 0 Å². The van der Waals surface area contributed by atoms with Gasteiger partial charge in [0.25, 0.3) is 0 Å². The molecule has 1 aromatic heterocycles. The fourth-order valence-electron chi connectivity index (χ4n) is 2.06. The van der Waals surface area contributed by atoms with Crippen LogP contribution in [0.15, 0.2) is 51.7 Å². The van der Waals surface area contributed by atoms with Crippen molar-refractivity contribution in [2.24, 2.45) is 0 Å². The molecule has 2 aromatic carbocycles. The van der Waals surface area contributed by atoms with Gasteiger partial charge in [-0.2, -0.15) is 0 Å². The third kappa shape index (κ3) is 2.05. The van der Waals surface area contributed by atoms with Gasteiger partial charge in [-0.25, -0.2) is 4.79 Å². The van der Waals surface area contributed by atoms with Gasteiger partial charge < -0.3 is 19.7 Å². The Balaban J connectivity index is 2.30. The van der Waals surface area contributed by atoms with Crippen molar-refractivity contribution >= 4 is 11.0 Å². The van der Waals surface area contributed by atoms with Gasteiger partial charge >= 0.3 is 5.63 Å². The van der Waals surface area contributed by atoms with E-state index in [9.17, 15) is 20.1 Å². The van der Waals surface area contributed by atoms with Crippen molar-refractivity contribution in [2.45, 2.75) is 0 Å². The van der Waals surface area contributed by atoms with E-state index >= 15 is 0 Å². The third-order valence-electron chi connectivity index (χ3n) is 2.93. The van der Waals surface area contributed by atoms with E-state index in [1.54, 1.807) is 0 Å². The second kappa shape index (κ2) is 4.31. The van der Waals surface area contributed by atoms with Crippen molar-refractivity contribution in [3.05, 3.63) is 52.9 Å². The second-order valence-corrected chi connectivity index (χ2v) is 4.41. The van der Waals surface area contributed by atoms with Crippen LogP contribution in [0.2, 0.25) is 0 Å². The van der Waals surface area contributed by atoms with E-state index in [1.807, 2.05) is 0 Å². The minimum absolute atomic E-state index is 0.0519. The Morgan fingerprint density at radius 2 is 1.50 bits per heavy atom. The number of phenols is 3. The first kappa shape index (κ1) is 12.1. The Labute approximate surface area is 113 Å². The summed E-state index contributed by atoms with van der Waals surface area (Å²) in [7, 11) is 0. The van der Waals surface area contributed by atoms with Crippen LogP contribution in [-0.2, 0) is 0 Å². The van der Waals surface area contributed by atoms with Gasteiger partial charge in [-0.15, -0.1) is 0 Å². The number of rotatable bonds is 1. The summed E-state index contributed by atoms with van der Waals surface area (Å²) in [5.41, 5.74) is 0.282. The lowest BCUT2D eigenvalue weighted by Crippen LogP contribution is -2.02. The minimum Gasteiger partial charge on any atom is -0.508 e. The summed E-state index contributed by atoms with van der Waals surface area (Å²) in [6, 6.07) is 9.78. The van der Waals surface area contributed by atoms with Gasteiger partial charge in [0.1, 0.15) is 22.8 Å². The predicted molar refractivity (Wildman–Crippen MR) is 72.9 cm³/mol. The quantitative estimate of drug-likeness (QED) is 0.591. The van der Waals surface area contributed by atoms with E-state index in [-0.39, 0.29) is 22.8 Å². The molecule has 3 aromatic rings. The summed E-state index contributed by atoms with van der Waals surface area (Å²) in [5.74, 6) is -0.262. The van der Waals surface area contributed by atoms with Crippen LogP contribution in [0.4, 0.5) is 0 Å². The summed E-state index contributed by atoms with van der Waals surface area (Å²) in [6.07, 6.45) is 0. The molecular weight excluding hydrogens is 260 g/mol. The van der Waals surface area contributed by atoms with Gasteiger partial charge in [0.2, 0.25) is 0 Å². The molecule has 0 spiro atoms. The summed E-state index contributed by atoms with van der Waals surface area (Å²) in [4.78, 5) is 11.9. The van der Waals surface area contributed by atoms with Crippen LogP contribution in [0.25, 0.3) is 22.1 Å². The molecule has 5 heteroatoms. The number of hydrogen-bond donors (Lipinski definition) is 3. The van der Waals surface area contributed by atoms with E-state index in [1.165, 1.54) is 36.4 Å². The molecule has 0 aliphatic carbocycles. The Bertz CT molecular complexity index is 844. The van der Waals surface area contributed by atoms with Crippen molar-refractivity contribution in [1.82, 2.24) is 0 Å². The lowest BCUT2D eigenvalue weighted by atomic mass is 10.1. The van der Waals surface area contributed by atoms with Crippen LogP contribution in [0.5, 0.6) is 17.2 Å². The van der Waals surface area contributed by atoms with Gasteiger partial charge in [-0.05, 0) is 42.0 Å². The SMILES string of the molecule is O=c1oc2ccc(O)cc2cc1-c1cc(O)cc(O)c1. The molecule has 100 valence electrons. The fraction of sp³-hybridized carbons (Fsp3) is 0. The smallest absolute Gasteiger partial charge is 0.344 e. The molecule has 0 amide bonds. The van der Waals surface area contributed by atoms with E-state index in [4.69, 9.17) is 4.42 Å². The van der Waals surface area contributed by atoms with Gasteiger partial charge in [0.05, 0.1) is 5.56 Å². The number of hydrogen-bond acceptors (Lipinski definition) is 5. The minimum atomic E-state index is -0.590. The summed E-state index contributed by atoms with van der Waals surface area (Å²) in [5, 5.41) is 28.9. The number of phenolic OH excluding ortho intramolecular Hbond substituents is 3. The molecule has 3 rings (SSSR count). The molecule has 20 heavy (non-hydrogen) atoms. The normalized spacial score (nSPS) is 10.8. The maximum absolute atomic E-state index is 11.9. The summed E-state index contributed by atoms with van der Waals surface area (Å²) in [6.45, 7) is 0. The molecule has 5 nitrogen and oxygen atoms in total. The van der Waals surface area contributed by atoms with E-state index in [0.29, 0.717) is 16.5 Å². The van der Waals surface area contributed by atoms with Crippen LogP contribution in [0.3, 0.4) is 0 Å². The van der Waals surface area contributed by atoms with E-state index in [2.05, 4.69) is 0 Å². The zero-order chi connectivity index (χ0) is 14.3. The zero-order valence-electron chi connectivity index (χ0n) is 10.2. The first-order valence-electron chi connectivity index (χ1n) is 5.83. The molecule has 3 N–H and O–H groups in total. The highest BCUT2D eigenvalue weighted by molar-refractivity contribution is 5.83. The Morgan fingerprint density at radius 1 is 0.800 bits per heavy atom. The van der Waals surface area contributed by atoms with Gasteiger partial charge in [-0.3, -0.25) is 0 Å². The second-order valence-electron chi connectivity index (χ2n) is 4.41. The standard InChI is InChI=1S/C15H10O5/c16-10-1-2-14-9(5-10)6-13(15(19)20-14)8-3-11(17)7-12(18)4-8/h1-7,16-18H. The van der Waals surface area contributed by atoms with Crippen molar-refractivity contribution < 1.29 is 19.7 Å². The van der Waals surface area contributed by atoms with Crippen molar-refractivity contribution in [1.29, 1.82) is 0 Å². The lowest BCUT2D eigenvalue weighted by Gasteiger charge is -2.04. The van der Waals surface area contributed by atoms with Crippen LogP contribution in [-0.4, -0.2) is 15.3 Å². The Hall–Kier alpha value is -2.95. The fourth-order valence-corrected chi connectivity index (χ4v) is 2.06. The van der Waals surface area contributed by atoms with Crippen LogP contribution < -0.4 is 5.63 Å². The number of benzene rings is 2. The van der Waals surface area contributed by atoms with Gasteiger partial charge in [-0.1, -0.05) is 0 Å². The molecule has 0 radical (unpaired) electrons. The molecule has 0 bridgehead atoms. The van der Waals surface area contributed by atoms with Crippen LogP contribution >= 0.6 is 0 Å². The molecule has 0 aliphatic rings. The van der Waals surface area contributed by atoms with Gasteiger partial charge in [0, 0.05) is 11.5 Å². The molecule has 0 aliphatic heterocycles. The molecule has 0 unspecified atom stereocenters. The van der Waals surface area contributed by atoms with Gasteiger partial charge in [0.15, 0.2) is 0 Å². The molecule has 1 heterocycles. The van der Waals surface area contributed by atoms with Crippen molar-refractivity contribution in [3.63, 3.8) is 0 Å². The number of fused-ring (bicyclic) bond motifs is 1. The van der Waals surface area contributed by atoms with E-state index in [0.717, 1.165) is 6.07 Å². The van der Waals surface area contributed by atoms with Crippen molar-refractivity contribution in [2.75, 3.05) is 0 Å². The maximum Gasteiger partial charge on any atom is 0.344 e. The Kier molecular flexibility index (Phi) is 2.61. The molecule has 0 atom stereocenters. The lowest BCUT2D eigenvalue weighted by molar-refractivity contribution is 0.451. The molecular formula is C15H10O5.